The Balaban J connectivity index is 1.69. The number of benzene rings is 1. The van der Waals surface area contributed by atoms with Crippen molar-refractivity contribution < 1.29 is 4.79 Å². The van der Waals surface area contributed by atoms with Crippen LogP contribution in [0, 0.1) is 6.92 Å². The van der Waals surface area contributed by atoms with Crippen LogP contribution in [0.2, 0.25) is 0 Å². The van der Waals surface area contributed by atoms with Crippen molar-refractivity contribution in [3.63, 3.8) is 0 Å². The molecule has 21 heavy (non-hydrogen) atoms. The number of fused-ring (bicyclic) bond motifs is 1. The maximum Gasteiger partial charge on any atom is 0.251 e. The lowest BCUT2D eigenvalue weighted by Gasteiger charge is -2.17. The fraction of sp³-hybridized carbons (Fsp3) is 0.294. The highest BCUT2D eigenvalue weighted by Crippen LogP contribution is 2.16. The molecule has 0 saturated heterocycles. The number of carbonyl (C=O) groups excluding carboxylic acids is 1. The first kappa shape index (κ1) is 13.8. The molecule has 1 aliphatic rings. The van der Waals surface area contributed by atoms with Gasteiger partial charge in [-0.2, -0.15) is 0 Å². The van der Waals surface area contributed by atoms with Crippen LogP contribution in [0.25, 0.3) is 0 Å². The van der Waals surface area contributed by atoms with Gasteiger partial charge in [0, 0.05) is 18.3 Å². The van der Waals surface area contributed by atoms with Crippen molar-refractivity contribution in [3.05, 3.63) is 64.5 Å². The second-order valence-electron chi connectivity index (χ2n) is 5.36. The maximum atomic E-state index is 12.3. The predicted octanol–water partition coefficient (Wildman–Crippen LogP) is 1.97. The highest BCUT2D eigenvalue weighted by atomic mass is 16.1. The Morgan fingerprint density at radius 1 is 1.33 bits per heavy atom. The summed E-state index contributed by atoms with van der Waals surface area (Å²) < 4.78 is 0. The van der Waals surface area contributed by atoms with Crippen molar-refractivity contribution >= 4 is 5.91 Å². The Bertz CT molecular complexity index is 667. The third-order valence-corrected chi connectivity index (χ3v) is 3.89. The molecule has 0 unspecified atom stereocenters. The van der Waals surface area contributed by atoms with E-state index in [4.69, 9.17) is 0 Å². The van der Waals surface area contributed by atoms with Crippen molar-refractivity contribution in [1.82, 2.24) is 15.6 Å². The van der Waals surface area contributed by atoms with Gasteiger partial charge in [-0.25, -0.2) is 0 Å². The largest absolute Gasteiger partial charge is 0.346 e. The summed E-state index contributed by atoms with van der Waals surface area (Å²) in [6, 6.07) is 9.86. The second-order valence-corrected chi connectivity index (χ2v) is 5.36. The summed E-state index contributed by atoms with van der Waals surface area (Å²) in [5.41, 5.74) is 5.28. The van der Waals surface area contributed by atoms with Crippen LogP contribution in [-0.4, -0.2) is 17.4 Å². The Hall–Kier alpha value is -2.20. The van der Waals surface area contributed by atoms with Crippen LogP contribution in [-0.2, 0) is 19.5 Å². The molecule has 1 amide bonds. The molecule has 0 atom stereocenters. The van der Waals surface area contributed by atoms with Crippen molar-refractivity contribution in [1.29, 1.82) is 0 Å². The third-order valence-electron chi connectivity index (χ3n) is 3.89. The second kappa shape index (κ2) is 6.06. The number of pyridine rings is 1. The number of aromatic nitrogens is 1. The minimum Gasteiger partial charge on any atom is -0.346 e. The molecule has 1 aliphatic heterocycles. The molecule has 1 aromatic carbocycles. The number of aryl methyl sites for hydroxylation is 1. The van der Waals surface area contributed by atoms with Gasteiger partial charge in [0.1, 0.15) is 0 Å². The quantitative estimate of drug-likeness (QED) is 0.904. The third kappa shape index (κ3) is 3.11. The topological polar surface area (TPSA) is 54.0 Å². The average Bonchev–Trinajstić information content (AvgIpc) is 2.53. The molecule has 1 aromatic heterocycles. The van der Waals surface area contributed by atoms with Gasteiger partial charge in [0.25, 0.3) is 5.91 Å². The minimum absolute atomic E-state index is 0.0478. The lowest BCUT2D eigenvalue weighted by Crippen LogP contribution is -2.26. The molecule has 4 nitrogen and oxygen atoms in total. The zero-order chi connectivity index (χ0) is 14.7. The van der Waals surface area contributed by atoms with Crippen LogP contribution in [0.1, 0.15) is 32.7 Å². The SMILES string of the molecule is Cc1cccnc1CNC(=O)c1ccc2c(c1)CNCC2. The Morgan fingerprint density at radius 3 is 3.10 bits per heavy atom. The van der Waals surface area contributed by atoms with E-state index in [1.165, 1.54) is 11.1 Å². The van der Waals surface area contributed by atoms with Gasteiger partial charge < -0.3 is 10.6 Å². The molecule has 0 aliphatic carbocycles. The monoisotopic (exact) mass is 281 g/mol. The molecule has 3 rings (SSSR count). The van der Waals surface area contributed by atoms with E-state index in [-0.39, 0.29) is 5.91 Å². The molecule has 0 radical (unpaired) electrons. The summed E-state index contributed by atoms with van der Waals surface area (Å²) in [5.74, 6) is -0.0478. The molecule has 0 saturated carbocycles. The number of nitrogens with zero attached hydrogens (tertiary/aromatic N) is 1. The Morgan fingerprint density at radius 2 is 2.24 bits per heavy atom. The van der Waals surface area contributed by atoms with E-state index in [0.717, 1.165) is 30.8 Å². The van der Waals surface area contributed by atoms with Crippen molar-refractivity contribution in [2.45, 2.75) is 26.4 Å². The van der Waals surface area contributed by atoms with Crippen LogP contribution in [0.5, 0.6) is 0 Å². The van der Waals surface area contributed by atoms with Crippen molar-refractivity contribution in [3.8, 4) is 0 Å². The van der Waals surface area contributed by atoms with Crippen molar-refractivity contribution in [2.24, 2.45) is 0 Å². The van der Waals surface area contributed by atoms with E-state index in [1.54, 1.807) is 6.20 Å². The first-order chi connectivity index (χ1) is 10.2. The fourth-order valence-corrected chi connectivity index (χ4v) is 2.59. The lowest BCUT2D eigenvalue weighted by atomic mass is 9.98. The van der Waals surface area contributed by atoms with Gasteiger partial charge in [-0.15, -0.1) is 0 Å². The lowest BCUT2D eigenvalue weighted by molar-refractivity contribution is 0.0950. The summed E-state index contributed by atoms with van der Waals surface area (Å²) in [6.45, 7) is 4.31. The molecule has 2 N–H and O–H groups in total. The highest BCUT2D eigenvalue weighted by molar-refractivity contribution is 5.94. The summed E-state index contributed by atoms with van der Waals surface area (Å²) in [7, 11) is 0. The van der Waals surface area contributed by atoms with Gasteiger partial charge in [0.2, 0.25) is 0 Å². The normalized spacial score (nSPS) is 13.6. The number of hydrogen-bond donors (Lipinski definition) is 2. The van der Waals surface area contributed by atoms with E-state index in [0.29, 0.717) is 12.1 Å². The summed E-state index contributed by atoms with van der Waals surface area (Å²) in [5, 5.41) is 6.27. The molecule has 0 fully saturated rings. The highest BCUT2D eigenvalue weighted by Gasteiger charge is 2.12. The van der Waals surface area contributed by atoms with E-state index in [1.807, 2.05) is 31.2 Å². The van der Waals surface area contributed by atoms with Gasteiger partial charge in [0.15, 0.2) is 0 Å². The van der Waals surface area contributed by atoms with Gasteiger partial charge in [0.05, 0.1) is 12.2 Å². The smallest absolute Gasteiger partial charge is 0.251 e. The van der Waals surface area contributed by atoms with Gasteiger partial charge in [-0.05, 0) is 54.8 Å². The molecule has 0 bridgehead atoms. The molecule has 0 spiro atoms. The zero-order valence-electron chi connectivity index (χ0n) is 12.1. The van der Waals surface area contributed by atoms with Crippen LogP contribution >= 0.6 is 0 Å². The zero-order valence-corrected chi connectivity index (χ0v) is 12.1. The number of amides is 1. The van der Waals surface area contributed by atoms with Gasteiger partial charge in [-0.1, -0.05) is 12.1 Å². The molecule has 2 aromatic rings. The molecule has 108 valence electrons. The summed E-state index contributed by atoms with van der Waals surface area (Å²) in [6.07, 6.45) is 2.78. The van der Waals surface area contributed by atoms with E-state index >= 15 is 0 Å². The average molecular weight is 281 g/mol. The van der Waals surface area contributed by atoms with E-state index in [2.05, 4.69) is 21.7 Å². The standard InChI is InChI=1S/C17H19N3O/c1-12-3-2-7-19-16(12)11-20-17(21)14-5-4-13-6-8-18-10-15(13)9-14/h2-5,7,9,18H,6,8,10-11H2,1H3,(H,20,21). The van der Waals surface area contributed by atoms with Crippen LogP contribution in [0.3, 0.4) is 0 Å². The molecule has 2 heterocycles. The first-order valence-electron chi connectivity index (χ1n) is 7.25. The maximum absolute atomic E-state index is 12.3. The predicted molar refractivity (Wildman–Crippen MR) is 82.0 cm³/mol. The Labute approximate surface area is 124 Å². The van der Waals surface area contributed by atoms with Gasteiger partial charge >= 0.3 is 0 Å². The number of carbonyl (C=O) groups is 1. The molecular formula is C17H19N3O. The fourth-order valence-electron chi connectivity index (χ4n) is 2.59. The molecular weight excluding hydrogens is 262 g/mol. The van der Waals surface area contributed by atoms with Crippen molar-refractivity contribution in [2.75, 3.05) is 6.54 Å². The number of hydrogen-bond acceptors (Lipinski definition) is 3. The van der Waals surface area contributed by atoms with Crippen LogP contribution < -0.4 is 10.6 Å². The number of nitrogens with one attached hydrogen (secondary N) is 2. The molecule has 4 heteroatoms. The number of rotatable bonds is 3. The van der Waals surface area contributed by atoms with Crippen LogP contribution in [0.15, 0.2) is 36.5 Å². The van der Waals surface area contributed by atoms with Crippen LogP contribution in [0.4, 0.5) is 0 Å². The van der Waals surface area contributed by atoms with E-state index < -0.39 is 0 Å². The summed E-state index contributed by atoms with van der Waals surface area (Å²) >= 11 is 0. The summed E-state index contributed by atoms with van der Waals surface area (Å²) in [4.78, 5) is 16.5. The first-order valence-corrected chi connectivity index (χ1v) is 7.25. The van der Waals surface area contributed by atoms with E-state index in [9.17, 15) is 4.79 Å². The van der Waals surface area contributed by atoms with Gasteiger partial charge in [-0.3, -0.25) is 9.78 Å². The Kier molecular flexibility index (Phi) is 3.97. The minimum atomic E-state index is -0.0478.